The molecule has 3 rings (SSSR count). The summed E-state index contributed by atoms with van der Waals surface area (Å²) in [7, 11) is 0. The molecule has 0 unspecified atom stereocenters. The van der Waals surface area contributed by atoms with Gasteiger partial charge >= 0.3 is 0 Å². The molecule has 0 N–H and O–H groups in total. The first-order valence-corrected chi connectivity index (χ1v) is 9.12. The quantitative estimate of drug-likeness (QED) is 0.827. The van der Waals surface area contributed by atoms with Crippen LogP contribution in [0.5, 0.6) is 0 Å². The molecule has 0 amide bonds. The molecule has 21 heavy (non-hydrogen) atoms. The van der Waals surface area contributed by atoms with Gasteiger partial charge in [0.15, 0.2) is 0 Å². The standard InChI is InChI=1S/C18H29NOS/c1-12-9-19(10-13(2)20-12)11-14-8-15(14)16-6-7-17(21-16)18(3,4)5/h6-7,12-15H,8-11H2,1-5H3/t12-,13+,14-,15+/m0/s1. The van der Waals surface area contributed by atoms with Gasteiger partial charge in [0, 0.05) is 29.4 Å². The molecule has 2 fully saturated rings. The van der Waals surface area contributed by atoms with Crippen LogP contribution >= 0.6 is 11.3 Å². The van der Waals surface area contributed by atoms with Crippen LogP contribution in [-0.2, 0) is 10.2 Å². The molecule has 2 aliphatic rings. The molecule has 1 saturated heterocycles. The predicted octanol–water partition coefficient (Wildman–Crippen LogP) is 4.26. The van der Waals surface area contributed by atoms with E-state index in [0.717, 1.165) is 24.9 Å². The lowest BCUT2D eigenvalue weighted by Crippen LogP contribution is -2.46. The van der Waals surface area contributed by atoms with Crippen LogP contribution in [0.2, 0.25) is 0 Å². The Labute approximate surface area is 133 Å². The van der Waals surface area contributed by atoms with E-state index in [1.165, 1.54) is 17.8 Å². The molecule has 1 saturated carbocycles. The van der Waals surface area contributed by atoms with Gasteiger partial charge < -0.3 is 4.74 Å². The number of thiophene rings is 1. The first-order chi connectivity index (χ1) is 9.83. The van der Waals surface area contributed by atoms with Crippen LogP contribution in [0, 0.1) is 5.92 Å². The molecule has 3 heteroatoms. The van der Waals surface area contributed by atoms with Crippen LogP contribution < -0.4 is 0 Å². The summed E-state index contributed by atoms with van der Waals surface area (Å²) < 4.78 is 5.83. The van der Waals surface area contributed by atoms with Gasteiger partial charge in [-0.1, -0.05) is 20.8 Å². The number of morpholine rings is 1. The van der Waals surface area contributed by atoms with Crippen LogP contribution in [0.4, 0.5) is 0 Å². The Morgan fingerprint density at radius 3 is 2.43 bits per heavy atom. The van der Waals surface area contributed by atoms with E-state index in [1.54, 1.807) is 4.88 Å². The summed E-state index contributed by atoms with van der Waals surface area (Å²) in [6, 6.07) is 4.72. The second-order valence-corrected chi connectivity index (χ2v) is 9.15. The zero-order valence-electron chi connectivity index (χ0n) is 14.1. The van der Waals surface area contributed by atoms with Crippen molar-refractivity contribution in [2.45, 2.75) is 64.6 Å². The smallest absolute Gasteiger partial charge is 0.0678 e. The third-order valence-electron chi connectivity index (χ3n) is 4.64. The van der Waals surface area contributed by atoms with Gasteiger partial charge in [-0.2, -0.15) is 0 Å². The van der Waals surface area contributed by atoms with E-state index in [9.17, 15) is 0 Å². The summed E-state index contributed by atoms with van der Waals surface area (Å²) in [5, 5.41) is 0. The average Bonchev–Trinajstić information content (AvgIpc) is 2.91. The van der Waals surface area contributed by atoms with E-state index < -0.39 is 0 Å². The summed E-state index contributed by atoms with van der Waals surface area (Å²) in [6.07, 6.45) is 2.16. The second kappa shape index (κ2) is 5.68. The number of rotatable bonds is 3. The van der Waals surface area contributed by atoms with Crippen LogP contribution in [0.3, 0.4) is 0 Å². The highest BCUT2D eigenvalue weighted by Crippen LogP contribution is 2.51. The van der Waals surface area contributed by atoms with E-state index in [2.05, 4.69) is 51.7 Å². The van der Waals surface area contributed by atoms with Crippen molar-refractivity contribution in [3.63, 3.8) is 0 Å². The highest BCUT2D eigenvalue weighted by molar-refractivity contribution is 7.12. The SMILES string of the molecule is C[C@@H]1CN(C[C@@H]2C[C@H]2c2ccc(C(C)(C)C)s2)C[C@H](C)O1. The van der Waals surface area contributed by atoms with Crippen molar-refractivity contribution in [3.05, 3.63) is 21.9 Å². The third kappa shape index (κ3) is 3.69. The molecule has 0 aromatic carbocycles. The molecule has 1 aromatic rings. The lowest BCUT2D eigenvalue weighted by molar-refractivity contribution is -0.0690. The predicted molar refractivity (Wildman–Crippen MR) is 90.3 cm³/mol. The average molecular weight is 308 g/mol. The summed E-state index contributed by atoms with van der Waals surface area (Å²) in [5.41, 5.74) is 0.294. The van der Waals surface area contributed by atoms with Crippen LogP contribution in [0.1, 0.15) is 56.7 Å². The number of hydrogen-bond acceptors (Lipinski definition) is 3. The molecule has 1 aliphatic heterocycles. The fraction of sp³-hybridized carbons (Fsp3) is 0.778. The minimum atomic E-state index is 0.294. The molecule has 2 nitrogen and oxygen atoms in total. The van der Waals surface area contributed by atoms with E-state index in [0.29, 0.717) is 17.6 Å². The van der Waals surface area contributed by atoms with Gasteiger partial charge in [0.2, 0.25) is 0 Å². The van der Waals surface area contributed by atoms with Crippen LogP contribution in [0.25, 0.3) is 0 Å². The van der Waals surface area contributed by atoms with Crippen molar-refractivity contribution in [2.24, 2.45) is 5.92 Å². The van der Waals surface area contributed by atoms with Crippen molar-refractivity contribution < 1.29 is 4.74 Å². The van der Waals surface area contributed by atoms with Gasteiger partial charge in [0.1, 0.15) is 0 Å². The highest BCUT2D eigenvalue weighted by atomic mass is 32.1. The maximum absolute atomic E-state index is 5.83. The molecular weight excluding hydrogens is 278 g/mol. The zero-order chi connectivity index (χ0) is 15.2. The lowest BCUT2D eigenvalue weighted by Gasteiger charge is -2.35. The van der Waals surface area contributed by atoms with Crippen molar-refractivity contribution in [2.75, 3.05) is 19.6 Å². The Morgan fingerprint density at radius 1 is 1.19 bits per heavy atom. The molecule has 4 atom stereocenters. The van der Waals surface area contributed by atoms with E-state index in [-0.39, 0.29) is 0 Å². The van der Waals surface area contributed by atoms with Gasteiger partial charge in [-0.25, -0.2) is 0 Å². The van der Waals surface area contributed by atoms with Gasteiger partial charge in [0.25, 0.3) is 0 Å². The molecule has 0 radical (unpaired) electrons. The Bertz CT molecular complexity index is 480. The molecule has 2 heterocycles. The van der Waals surface area contributed by atoms with Gasteiger partial charge in [-0.05, 0) is 49.7 Å². The summed E-state index contributed by atoms with van der Waals surface area (Å²) in [6.45, 7) is 14.8. The van der Waals surface area contributed by atoms with E-state index in [4.69, 9.17) is 4.74 Å². The minimum Gasteiger partial charge on any atom is -0.373 e. The summed E-state index contributed by atoms with van der Waals surface area (Å²) >= 11 is 2.03. The number of ether oxygens (including phenoxy) is 1. The molecular formula is C18H29NOS. The monoisotopic (exact) mass is 307 g/mol. The molecule has 118 valence electrons. The number of nitrogens with zero attached hydrogens (tertiary/aromatic N) is 1. The summed E-state index contributed by atoms with van der Waals surface area (Å²) in [4.78, 5) is 5.75. The molecule has 0 bridgehead atoms. The van der Waals surface area contributed by atoms with Crippen LogP contribution in [0.15, 0.2) is 12.1 Å². The van der Waals surface area contributed by atoms with Crippen molar-refractivity contribution in [3.8, 4) is 0 Å². The van der Waals surface area contributed by atoms with Crippen molar-refractivity contribution in [1.29, 1.82) is 0 Å². The Kier molecular flexibility index (Phi) is 4.19. The van der Waals surface area contributed by atoms with E-state index in [1.807, 2.05) is 11.3 Å². The second-order valence-electron chi connectivity index (χ2n) is 8.03. The Morgan fingerprint density at radius 2 is 1.86 bits per heavy atom. The van der Waals surface area contributed by atoms with Gasteiger partial charge in [-0.15, -0.1) is 11.3 Å². The molecule has 1 aliphatic carbocycles. The Balaban J connectivity index is 1.56. The first-order valence-electron chi connectivity index (χ1n) is 8.31. The fourth-order valence-corrected chi connectivity index (χ4v) is 4.79. The van der Waals surface area contributed by atoms with Crippen LogP contribution in [-0.4, -0.2) is 36.7 Å². The van der Waals surface area contributed by atoms with Crippen molar-refractivity contribution >= 4 is 11.3 Å². The van der Waals surface area contributed by atoms with Gasteiger partial charge in [0.05, 0.1) is 12.2 Å². The zero-order valence-corrected chi connectivity index (χ0v) is 14.9. The molecule has 1 aromatic heterocycles. The normalized spacial score (nSPS) is 34.1. The largest absolute Gasteiger partial charge is 0.373 e. The highest BCUT2D eigenvalue weighted by Gasteiger charge is 2.41. The Hall–Kier alpha value is -0.380. The van der Waals surface area contributed by atoms with Gasteiger partial charge in [-0.3, -0.25) is 4.90 Å². The third-order valence-corrected chi connectivity index (χ3v) is 6.28. The summed E-state index contributed by atoms with van der Waals surface area (Å²) in [5.74, 6) is 1.69. The topological polar surface area (TPSA) is 12.5 Å². The number of hydrogen-bond donors (Lipinski definition) is 0. The first kappa shape index (κ1) is 15.5. The van der Waals surface area contributed by atoms with E-state index >= 15 is 0 Å². The molecule has 0 spiro atoms. The maximum atomic E-state index is 5.83. The maximum Gasteiger partial charge on any atom is 0.0678 e. The minimum absolute atomic E-state index is 0.294. The van der Waals surface area contributed by atoms with Crippen molar-refractivity contribution in [1.82, 2.24) is 4.90 Å². The lowest BCUT2D eigenvalue weighted by atomic mass is 9.95. The fourth-order valence-electron chi connectivity index (χ4n) is 3.52.